The van der Waals surface area contributed by atoms with Crippen LogP contribution in [0.15, 0.2) is 0 Å². The molecule has 0 aromatic carbocycles. The van der Waals surface area contributed by atoms with E-state index in [9.17, 15) is 0 Å². The summed E-state index contributed by atoms with van der Waals surface area (Å²) in [4.78, 5) is 0. The van der Waals surface area contributed by atoms with E-state index in [1.807, 2.05) is 0 Å². The van der Waals surface area contributed by atoms with Crippen LogP contribution in [0.3, 0.4) is 0 Å². The molecular weight excluding hydrogens is 164 g/mol. The molecule has 4 heteroatoms. The molecule has 0 aromatic heterocycles. The molecule has 0 aliphatic carbocycles. The van der Waals surface area contributed by atoms with Crippen LogP contribution < -0.4 is 0 Å². The van der Waals surface area contributed by atoms with Gasteiger partial charge in [-0.25, -0.2) is 0 Å². The van der Waals surface area contributed by atoms with E-state index in [0.29, 0.717) is 16.2 Å². The maximum absolute atomic E-state index is 8.28. The standard InChI is InChI=1S/Al.Fe.O.Zn.H. The molecule has 0 amide bonds. The van der Waals surface area contributed by atoms with Gasteiger partial charge >= 0.3 is 20.0 Å². The van der Waals surface area contributed by atoms with Gasteiger partial charge in [-0.15, -0.1) is 0 Å². The van der Waals surface area contributed by atoms with Crippen LogP contribution in [0, 0.1) is 0 Å². The molecule has 0 radical (unpaired) electrons. The van der Waals surface area contributed by atoms with Crippen LogP contribution in [-0.4, -0.2) is 16.2 Å². The summed E-state index contributed by atoms with van der Waals surface area (Å²) in [5.41, 5.74) is 0. The molecule has 0 aromatic rings. The minimum Gasteiger partial charge on any atom is 0 e. The molecule has 0 saturated carbocycles. The fraction of sp³-hybridized carbons (Fsp3) is 0. The first-order valence-electron chi connectivity index (χ1n) is 0.289. The maximum atomic E-state index is 8.28. The first-order valence-corrected chi connectivity index (χ1v) is 0.866. The van der Waals surface area contributed by atoms with Crippen molar-refractivity contribution in [3.8, 4) is 0 Å². The van der Waals surface area contributed by atoms with Crippen LogP contribution in [0.5, 0.6) is 0 Å². The fourth-order valence-electron chi connectivity index (χ4n) is 0. The van der Waals surface area contributed by atoms with Gasteiger partial charge in [0, 0.05) is 36.5 Å². The Labute approximate surface area is 56.4 Å². The zero-order chi connectivity index (χ0) is 2.00. The van der Waals surface area contributed by atoms with Crippen molar-refractivity contribution in [2.75, 3.05) is 0 Å². The Balaban J connectivity index is -0.00000000500. The van der Waals surface area contributed by atoms with Gasteiger partial charge in [0.25, 0.3) is 0 Å². The van der Waals surface area contributed by atoms with E-state index >= 15 is 0 Å². The molecule has 0 heterocycles. The van der Waals surface area contributed by atoms with Gasteiger partial charge in [-0.05, 0) is 0 Å². The van der Waals surface area contributed by atoms with Crippen molar-refractivity contribution in [2.24, 2.45) is 0 Å². The van der Waals surface area contributed by atoms with Gasteiger partial charge in [0.15, 0.2) is 0 Å². The summed E-state index contributed by atoms with van der Waals surface area (Å²) in [5.74, 6) is 0. The van der Waals surface area contributed by atoms with Crippen molar-refractivity contribution in [1.29, 1.82) is 0 Å². The van der Waals surface area contributed by atoms with Crippen molar-refractivity contribution in [2.45, 2.75) is 0 Å². The van der Waals surface area contributed by atoms with Gasteiger partial charge < -0.3 is 0 Å². The predicted molar refractivity (Wildman–Crippen MR) is 7.84 cm³/mol. The zero-order valence-corrected chi connectivity index (χ0v) is 7.66. The van der Waals surface area contributed by atoms with Crippen LogP contribution in [-0.2, 0) is 40.3 Å². The fourth-order valence-corrected chi connectivity index (χ4v) is 0. The molecule has 0 aliphatic heterocycles. The van der Waals surface area contributed by atoms with E-state index in [4.69, 9.17) is 3.80 Å². The Morgan fingerprint density at radius 3 is 1.25 bits per heavy atom. The molecule has 4 heavy (non-hydrogen) atoms. The van der Waals surface area contributed by atoms with Crippen molar-refractivity contribution < 1.29 is 40.3 Å². The SMILES string of the molecule is [Fe].[O]=[AlH].[Zn]. The molecule has 0 saturated heterocycles. The molecule has 0 fully saturated rings. The van der Waals surface area contributed by atoms with Gasteiger partial charge in [0.2, 0.25) is 0 Å². The quantitative estimate of drug-likeness (QED) is 0.431. The third-order valence-electron chi connectivity index (χ3n) is 0. The molecule has 0 unspecified atom stereocenters. The Hall–Kier alpha value is 1.48. The average Bonchev–Trinajstić information content (AvgIpc) is 1.00. The molecule has 0 aliphatic rings. The summed E-state index contributed by atoms with van der Waals surface area (Å²) in [6, 6.07) is 0. The van der Waals surface area contributed by atoms with Crippen molar-refractivity contribution in [1.82, 2.24) is 0 Å². The van der Waals surface area contributed by atoms with Gasteiger partial charge in [0.05, 0.1) is 0 Å². The number of rotatable bonds is 0. The van der Waals surface area contributed by atoms with Crippen molar-refractivity contribution in [3.05, 3.63) is 0 Å². The summed E-state index contributed by atoms with van der Waals surface area (Å²) in [7, 11) is 0. The van der Waals surface area contributed by atoms with E-state index in [-0.39, 0.29) is 36.5 Å². The summed E-state index contributed by atoms with van der Waals surface area (Å²) < 4.78 is 8.28. The smallest absolute Gasteiger partial charge is 0 e. The molecular formula is HAlFeOZn. The number of hydrogen-bond donors (Lipinski definition) is 0. The van der Waals surface area contributed by atoms with Crippen LogP contribution >= 0.6 is 0 Å². The first kappa shape index (κ1) is 17.9. The van der Waals surface area contributed by atoms with Gasteiger partial charge in [0.1, 0.15) is 0 Å². The molecule has 0 bridgehead atoms. The largest absolute Gasteiger partial charge is 0 e. The third-order valence-corrected chi connectivity index (χ3v) is 0. The second-order valence-corrected chi connectivity index (χ2v) is 0. The minimum atomic E-state index is 0. The molecule has 1 nitrogen and oxygen atoms in total. The van der Waals surface area contributed by atoms with Gasteiger partial charge in [-0.3, -0.25) is 0 Å². The number of hydrogen-bond acceptors (Lipinski definition) is 1. The Morgan fingerprint density at radius 2 is 1.25 bits per heavy atom. The van der Waals surface area contributed by atoms with E-state index in [2.05, 4.69) is 0 Å². The van der Waals surface area contributed by atoms with Gasteiger partial charge in [-0.1, -0.05) is 0 Å². The first-order chi connectivity index (χ1) is 1.00. The second-order valence-electron chi connectivity index (χ2n) is 0. The molecule has 20 valence electrons. The van der Waals surface area contributed by atoms with E-state index < -0.39 is 0 Å². The Kier molecular flexibility index (Phi) is 111. The van der Waals surface area contributed by atoms with E-state index in [1.165, 1.54) is 0 Å². The van der Waals surface area contributed by atoms with Crippen LogP contribution in [0.1, 0.15) is 0 Å². The summed E-state index contributed by atoms with van der Waals surface area (Å²) >= 11 is 0.611. The van der Waals surface area contributed by atoms with E-state index in [0.717, 1.165) is 0 Å². The summed E-state index contributed by atoms with van der Waals surface area (Å²) in [6.07, 6.45) is 0. The monoisotopic (exact) mass is 164 g/mol. The van der Waals surface area contributed by atoms with E-state index in [1.54, 1.807) is 0 Å². The summed E-state index contributed by atoms with van der Waals surface area (Å²) in [5, 5.41) is 0. The normalized spacial score (nSPS) is 0.750. The second kappa shape index (κ2) is 24.8. The average molecular weight is 165 g/mol. The van der Waals surface area contributed by atoms with Crippen molar-refractivity contribution in [3.63, 3.8) is 0 Å². The minimum absolute atomic E-state index is 0. The molecule has 0 spiro atoms. The van der Waals surface area contributed by atoms with Gasteiger partial charge in [-0.2, -0.15) is 0 Å². The van der Waals surface area contributed by atoms with Crippen LogP contribution in [0.4, 0.5) is 0 Å². The van der Waals surface area contributed by atoms with Crippen LogP contribution in [0.2, 0.25) is 0 Å². The molecule has 0 rings (SSSR count). The summed E-state index contributed by atoms with van der Waals surface area (Å²) in [6.45, 7) is 0. The molecule has 0 atom stereocenters. The third kappa shape index (κ3) is 9.78. The topological polar surface area (TPSA) is 17.1 Å². The van der Waals surface area contributed by atoms with Crippen LogP contribution in [0.25, 0.3) is 0 Å². The maximum Gasteiger partial charge on any atom is 0 e. The Morgan fingerprint density at radius 1 is 1.25 bits per heavy atom. The zero-order valence-electron chi connectivity index (χ0n) is 2.18. The predicted octanol–water partition coefficient (Wildman–Crippen LogP) is -0.772. The van der Waals surface area contributed by atoms with Crippen molar-refractivity contribution >= 4 is 16.2 Å². The molecule has 0 N–H and O–H groups in total. The Bertz CT molecular complexity index is 8.00.